The number of fused-ring (bicyclic) bond motifs is 1. The molecule has 1 saturated heterocycles. The number of rotatable bonds is 6. The van der Waals surface area contributed by atoms with E-state index in [1.165, 1.54) is 6.07 Å². The lowest BCUT2D eigenvalue weighted by Gasteiger charge is -2.32. The Hall–Kier alpha value is -2.83. The fourth-order valence-electron chi connectivity index (χ4n) is 3.77. The topological polar surface area (TPSA) is 55.2 Å². The molecule has 1 aromatic heterocycles. The number of benzene rings is 2. The van der Waals surface area contributed by atoms with Crippen LogP contribution in [0.4, 0.5) is 0 Å². The van der Waals surface area contributed by atoms with Crippen molar-refractivity contribution >= 4 is 11.0 Å². The van der Waals surface area contributed by atoms with Crippen molar-refractivity contribution in [2.45, 2.75) is 6.92 Å². The summed E-state index contributed by atoms with van der Waals surface area (Å²) in [5, 5.41) is 0.468. The summed E-state index contributed by atoms with van der Waals surface area (Å²) in [6, 6.07) is 12.9. The Labute approximate surface area is 176 Å². The standard InChI is InChI=1S/C24H28N2O4/c1-17-14-22(28-3)24-20(27)16-21(30-23(24)15-17)18-4-6-19(7-5-18)29-13-12-26-10-8-25(2)9-11-26/h4-7,14-16H,8-13H2,1-3H3. The molecule has 1 aliphatic rings. The summed E-state index contributed by atoms with van der Waals surface area (Å²) in [5.41, 5.74) is 2.22. The van der Waals surface area contributed by atoms with Gasteiger partial charge in [0.25, 0.3) is 0 Å². The summed E-state index contributed by atoms with van der Waals surface area (Å²) in [6.07, 6.45) is 0. The van der Waals surface area contributed by atoms with Crippen LogP contribution in [-0.4, -0.2) is 63.3 Å². The van der Waals surface area contributed by atoms with Crippen LogP contribution in [0.1, 0.15) is 5.56 Å². The van der Waals surface area contributed by atoms with E-state index in [0.29, 0.717) is 29.1 Å². The second kappa shape index (κ2) is 8.90. The number of aryl methyl sites for hydroxylation is 1. The Morgan fingerprint density at radius 2 is 1.77 bits per heavy atom. The van der Waals surface area contributed by atoms with Crippen molar-refractivity contribution in [3.05, 3.63) is 58.3 Å². The maximum absolute atomic E-state index is 12.7. The van der Waals surface area contributed by atoms with Gasteiger partial charge in [-0.3, -0.25) is 9.69 Å². The molecule has 0 amide bonds. The van der Waals surface area contributed by atoms with E-state index >= 15 is 0 Å². The highest BCUT2D eigenvalue weighted by Crippen LogP contribution is 2.29. The molecule has 0 spiro atoms. The zero-order chi connectivity index (χ0) is 21.1. The van der Waals surface area contributed by atoms with Gasteiger partial charge >= 0.3 is 0 Å². The fraction of sp³-hybridized carbons (Fsp3) is 0.375. The Morgan fingerprint density at radius 3 is 2.47 bits per heavy atom. The number of likely N-dealkylation sites (N-methyl/N-ethyl adjacent to an activating group) is 1. The van der Waals surface area contributed by atoms with Crippen LogP contribution in [0.3, 0.4) is 0 Å². The van der Waals surface area contributed by atoms with Gasteiger partial charge in [-0.15, -0.1) is 0 Å². The zero-order valence-electron chi connectivity index (χ0n) is 17.8. The maximum Gasteiger partial charge on any atom is 0.197 e. The third-order valence-electron chi connectivity index (χ3n) is 5.57. The minimum Gasteiger partial charge on any atom is -0.496 e. The molecule has 0 radical (unpaired) electrons. The minimum atomic E-state index is -0.115. The highest BCUT2D eigenvalue weighted by Gasteiger charge is 2.14. The summed E-state index contributed by atoms with van der Waals surface area (Å²) in [6.45, 7) is 7.93. The average Bonchev–Trinajstić information content (AvgIpc) is 2.74. The summed E-state index contributed by atoms with van der Waals surface area (Å²) in [4.78, 5) is 17.4. The van der Waals surface area contributed by atoms with E-state index < -0.39 is 0 Å². The smallest absolute Gasteiger partial charge is 0.197 e. The third-order valence-corrected chi connectivity index (χ3v) is 5.57. The lowest BCUT2D eigenvalue weighted by Crippen LogP contribution is -2.45. The molecule has 30 heavy (non-hydrogen) atoms. The second-order valence-corrected chi connectivity index (χ2v) is 7.83. The Morgan fingerprint density at radius 1 is 1.03 bits per heavy atom. The molecule has 6 heteroatoms. The molecule has 1 fully saturated rings. The van der Waals surface area contributed by atoms with E-state index in [4.69, 9.17) is 13.9 Å². The Bertz CT molecular complexity index is 1070. The first-order valence-corrected chi connectivity index (χ1v) is 10.3. The van der Waals surface area contributed by atoms with Crippen molar-refractivity contribution in [2.24, 2.45) is 0 Å². The number of hydrogen-bond acceptors (Lipinski definition) is 6. The van der Waals surface area contributed by atoms with Gasteiger partial charge in [-0.05, 0) is 55.9 Å². The normalized spacial score (nSPS) is 15.4. The molecule has 158 valence electrons. The lowest BCUT2D eigenvalue weighted by atomic mass is 10.1. The molecule has 2 heterocycles. The van der Waals surface area contributed by atoms with Crippen molar-refractivity contribution in [1.29, 1.82) is 0 Å². The molecule has 0 saturated carbocycles. The largest absolute Gasteiger partial charge is 0.496 e. The molecule has 3 aromatic rings. The van der Waals surface area contributed by atoms with Crippen molar-refractivity contribution in [3.8, 4) is 22.8 Å². The molecular weight excluding hydrogens is 380 g/mol. The van der Waals surface area contributed by atoms with Gasteiger partial charge in [0.15, 0.2) is 5.43 Å². The number of piperazine rings is 1. The Kier molecular flexibility index (Phi) is 6.06. The van der Waals surface area contributed by atoms with Crippen molar-refractivity contribution < 1.29 is 13.9 Å². The summed E-state index contributed by atoms with van der Waals surface area (Å²) in [5.74, 6) is 1.88. The van der Waals surface area contributed by atoms with Gasteiger partial charge < -0.3 is 18.8 Å². The predicted octanol–water partition coefficient (Wildman–Crippen LogP) is 3.40. The van der Waals surface area contributed by atoms with Gasteiger partial charge in [-0.2, -0.15) is 0 Å². The zero-order valence-corrected chi connectivity index (χ0v) is 17.8. The van der Waals surface area contributed by atoms with Crippen molar-refractivity contribution in [3.63, 3.8) is 0 Å². The monoisotopic (exact) mass is 408 g/mol. The van der Waals surface area contributed by atoms with E-state index in [0.717, 1.165) is 49.6 Å². The van der Waals surface area contributed by atoms with Gasteiger partial charge in [0.05, 0.1) is 7.11 Å². The van der Waals surface area contributed by atoms with Crippen LogP contribution < -0.4 is 14.9 Å². The summed E-state index contributed by atoms with van der Waals surface area (Å²) in [7, 11) is 3.72. The molecule has 0 unspecified atom stereocenters. The van der Waals surface area contributed by atoms with Crippen LogP contribution in [0.25, 0.3) is 22.3 Å². The van der Waals surface area contributed by atoms with E-state index in [1.807, 2.05) is 43.3 Å². The van der Waals surface area contributed by atoms with Crippen LogP contribution in [0.2, 0.25) is 0 Å². The van der Waals surface area contributed by atoms with Crippen LogP contribution >= 0.6 is 0 Å². The van der Waals surface area contributed by atoms with E-state index in [9.17, 15) is 4.79 Å². The lowest BCUT2D eigenvalue weighted by molar-refractivity contribution is 0.134. The van der Waals surface area contributed by atoms with Crippen molar-refractivity contribution in [1.82, 2.24) is 9.80 Å². The van der Waals surface area contributed by atoms with Crippen LogP contribution in [0.15, 0.2) is 51.7 Å². The van der Waals surface area contributed by atoms with Gasteiger partial charge in [-0.25, -0.2) is 0 Å². The van der Waals surface area contributed by atoms with Crippen molar-refractivity contribution in [2.75, 3.05) is 53.5 Å². The molecular formula is C24H28N2O4. The number of ether oxygens (including phenoxy) is 2. The molecule has 2 aromatic carbocycles. The highest BCUT2D eigenvalue weighted by atomic mass is 16.5. The van der Waals surface area contributed by atoms with Crippen LogP contribution in [-0.2, 0) is 0 Å². The maximum atomic E-state index is 12.7. The molecule has 0 aliphatic carbocycles. The number of hydrogen-bond donors (Lipinski definition) is 0. The number of methoxy groups -OCH3 is 1. The first-order chi connectivity index (χ1) is 14.5. The molecule has 0 atom stereocenters. The molecule has 4 rings (SSSR count). The van der Waals surface area contributed by atoms with E-state index in [2.05, 4.69) is 16.8 Å². The van der Waals surface area contributed by atoms with Gasteiger partial charge in [0, 0.05) is 44.4 Å². The van der Waals surface area contributed by atoms with Gasteiger partial charge in [0.1, 0.15) is 34.8 Å². The fourth-order valence-corrected chi connectivity index (χ4v) is 3.77. The average molecular weight is 408 g/mol. The van der Waals surface area contributed by atoms with E-state index in [-0.39, 0.29) is 5.43 Å². The van der Waals surface area contributed by atoms with E-state index in [1.54, 1.807) is 7.11 Å². The minimum absolute atomic E-state index is 0.115. The predicted molar refractivity (Wildman–Crippen MR) is 119 cm³/mol. The van der Waals surface area contributed by atoms with Crippen LogP contribution in [0.5, 0.6) is 11.5 Å². The third kappa shape index (κ3) is 4.50. The quantitative estimate of drug-likeness (QED) is 0.623. The molecule has 0 N–H and O–H groups in total. The Balaban J connectivity index is 1.46. The summed E-state index contributed by atoms with van der Waals surface area (Å²) < 4.78 is 17.3. The molecule has 6 nitrogen and oxygen atoms in total. The molecule has 1 aliphatic heterocycles. The first-order valence-electron chi connectivity index (χ1n) is 10.3. The van der Waals surface area contributed by atoms with Gasteiger partial charge in [0.2, 0.25) is 0 Å². The van der Waals surface area contributed by atoms with Crippen LogP contribution in [0, 0.1) is 6.92 Å². The first kappa shape index (κ1) is 20.4. The highest BCUT2D eigenvalue weighted by molar-refractivity contribution is 5.85. The second-order valence-electron chi connectivity index (χ2n) is 7.83. The number of nitrogens with zero attached hydrogens (tertiary/aromatic N) is 2. The van der Waals surface area contributed by atoms with Gasteiger partial charge in [-0.1, -0.05) is 0 Å². The SMILES string of the molecule is COc1cc(C)cc2oc(-c3ccc(OCCN4CCN(C)CC4)cc3)cc(=O)c12. The summed E-state index contributed by atoms with van der Waals surface area (Å²) >= 11 is 0. The molecule has 0 bridgehead atoms.